The fourth-order valence-corrected chi connectivity index (χ4v) is 2.74. The molecule has 0 aliphatic carbocycles. The predicted octanol–water partition coefficient (Wildman–Crippen LogP) is 3.57. The van der Waals surface area contributed by atoms with Crippen molar-refractivity contribution in [3.8, 4) is 17.9 Å². The molecule has 0 atom stereocenters. The quantitative estimate of drug-likeness (QED) is 0.753. The molecular weight excluding hydrogens is 300 g/mol. The minimum Gasteiger partial charge on any atom is -0.497 e. The van der Waals surface area contributed by atoms with Gasteiger partial charge in [-0.15, -0.1) is 0 Å². The summed E-state index contributed by atoms with van der Waals surface area (Å²) in [5, 5.41) is 22.7. The van der Waals surface area contributed by atoms with E-state index in [-0.39, 0.29) is 0 Å². The zero-order valence-corrected chi connectivity index (χ0v) is 13.3. The Bertz CT molecular complexity index is 960. The van der Waals surface area contributed by atoms with E-state index in [4.69, 9.17) is 10.00 Å². The van der Waals surface area contributed by atoms with Crippen LogP contribution in [0.4, 0.5) is 5.69 Å². The molecule has 1 heterocycles. The summed E-state index contributed by atoms with van der Waals surface area (Å²) in [7, 11) is 1.65. The first kappa shape index (κ1) is 15.5. The summed E-state index contributed by atoms with van der Waals surface area (Å²) < 4.78 is 5.28. The number of methoxy groups -OCH3 is 1. The highest BCUT2D eigenvalue weighted by molar-refractivity contribution is 5.84. The second kappa shape index (κ2) is 6.76. The Hall–Kier alpha value is -3.44. The number of fused-ring (bicyclic) bond motifs is 1. The van der Waals surface area contributed by atoms with Gasteiger partial charge >= 0.3 is 0 Å². The lowest BCUT2D eigenvalue weighted by molar-refractivity contribution is 0.415. The van der Waals surface area contributed by atoms with Crippen LogP contribution in [-0.4, -0.2) is 18.6 Å². The maximum absolute atomic E-state index is 9.25. The second-order valence-corrected chi connectivity index (χ2v) is 5.35. The van der Waals surface area contributed by atoms with E-state index in [1.54, 1.807) is 19.2 Å². The van der Waals surface area contributed by atoms with Crippen LogP contribution >= 0.6 is 0 Å². The number of rotatable bonds is 5. The van der Waals surface area contributed by atoms with Crippen molar-refractivity contribution >= 4 is 16.6 Å². The number of aromatic amines is 1. The topological polar surface area (TPSA) is 84.6 Å². The van der Waals surface area contributed by atoms with Gasteiger partial charge in [0.05, 0.1) is 23.9 Å². The normalized spacial score (nSPS) is 10.1. The molecule has 0 radical (unpaired) electrons. The van der Waals surface area contributed by atoms with Gasteiger partial charge in [0.1, 0.15) is 17.9 Å². The molecule has 0 spiro atoms. The number of benzene rings is 2. The number of H-pyrrole nitrogens is 1. The van der Waals surface area contributed by atoms with Crippen LogP contribution in [0.3, 0.4) is 0 Å². The molecular formula is C19H16N4O. The van der Waals surface area contributed by atoms with Crippen LogP contribution in [0.15, 0.2) is 42.6 Å². The number of hydrogen-bond donors (Lipinski definition) is 2. The maximum atomic E-state index is 9.25. The third-order valence-corrected chi connectivity index (χ3v) is 3.98. The van der Waals surface area contributed by atoms with Gasteiger partial charge in [-0.05, 0) is 42.3 Å². The van der Waals surface area contributed by atoms with Gasteiger partial charge in [-0.25, -0.2) is 0 Å². The summed E-state index contributed by atoms with van der Waals surface area (Å²) >= 11 is 0. The van der Waals surface area contributed by atoms with E-state index in [1.807, 2.05) is 36.5 Å². The average Bonchev–Trinajstić information content (AvgIpc) is 3.03. The fourth-order valence-electron chi connectivity index (χ4n) is 2.74. The van der Waals surface area contributed by atoms with Crippen molar-refractivity contribution in [1.82, 2.24) is 4.98 Å². The molecule has 0 unspecified atom stereocenters. The van der Waals surface area contributed by atoms with Crippen LogP contribution < -0.4 is 10.1 Å². The number of anilines is 1. The van der Waals surface area contributed by atoms with Crippen LogP contribution in [-0.2, 0) is 6.42 Å². The molecule has 0 amide bonds. The molecule has 0 saturated carbocycles. The first-order chi connectivity index (χ1) is 11.8. The third kappa shape index (κ3) is 2.88. The summed E-state index contributed by atoms with van der Waals surface area (Å²) in [6.45, 7) is 0.660. The minimum absolute atomic E-state index is 0.388. The number of nitrogens with zero attached hydrogens (tertiary/aromatic N) is 2. The third-order valence-electron chi connectivity index (χ3n) is 3.98. The molecule has 0 fully saturated rings. The summed E-state index contributed by atoms with van der Waals surface area (Å²) in [6.07, 6.45) is 2.78. The van der Waals surface area contributed by atoms with Gasteiger partial charge in [-0.1, -0.05) is 6.07 Å². The van der Waals surface area contributed by atoms with Crippen molar-refractivity contribution in [1.29, 1.82) is 10.5 Å². The predicted molar refractivity (Wildman–Crippen MR) is 92.9 cm³/mol. The highest BCUT2D eigenvalue weighted by Crippen LogP contribution is 2.24. The number of nitrogens with one attached hydrogen (secondary N) is 2. The van der Waals surface area contributed by atoms with Gasteiger partial charge in [0.2, 0.25) is 0 Å². The molecule has 0 aliphatic heterocycles. The molecule has 3 rings (SSSR count). The van der Waals surface area contributed by atoms with E-state index in [1.165, 1.54) is 5.56 Å². The van der Waals surface area contributed by atoms with Gasteiger partial charge in [0.15, 0.2) is 0 Å². The Morgan fingerprint density at radius 1 is 1.17 bits per heavy atom. The Balaban J connectivity index is 1.76. The molecule has 24 heavy (non-hydrogen) atoms. The van der Waals surface area contributed by atoms with Crippen molar-refractivity contribution in [3.05, 3.63) is 59.3 Å². The first-order valence-corrected chi connectivity index (χ1v) is 7.58. The van der Waals surface area contributed by atoms with Gasteiger partial charge in [0, 0.05) is 23.6 Å². The summed E-state index contributed by atoms with van der Waals surface area (Å²) in [4.78, 5) is 3.25. The van der Waals surface area contributed by atoms with Crippen LogP contribution in [0, 0.1) is 22.7 Å². The summed E-state index contributed by atoms with van der Waals surface area (Å²) in [5.74, 6) is 0.824. The van der Waals surface area contributed by atoms with Gasteiger partial charge < -0.3 is 15.0 Å². The Morgan fingerprint density at radius 3 is 2.79 bits per heavy atom. The molecule has 0 aliphatic rings. The number of ether oxygens (including phenoxy) is 1. The van der Waals surface area contributed by atoms with E-state index < -0.39 is 0 Å². The van der Waals surface area contributed by atoms with Crippen molar-refractivity contribution in [3.63, 3.8) is 0 Å². The maximum Gasteiger partial charge on any atom is 0.119 e. The zero-order chi connectivity index (χ0) is 16.9. The van der Waals surface area contributed by atoms with E-state index in [0.717, 1.165) is 23.1 Å². The highest BCUT2D eigenvalue weighted by atomic mass is 16.5. The largest absolute Gasteiger partial charge is 0.497 e. The molecule has 2 aromatic carbocycles. The lowest BCUT2D eigenvalue weighted by Crippen LogP contribution is -2.06. The molecule has 118 valence electrons. The van der Waals surface area contributed by atoms with Gasteiger partial charge in [-0.3, -0.25) is 0 Å². The van der Waals surface area contributed by atoms with Crippen LogP contribution in [0.2, 0.25) is 0 Å². The molecule has 0 saturated heterocycles. The van der Waals surface area contributed by atoms with E-state index >= 15 is 0 Å². The number of aromatic nitrogens is 1. The average molecular weight is 316 g/mol. The van der Waals surface area contributed by atoms with E-state index in [0.29, 0.717) is 23.4 Å². The Labute approximate surface area is 140 Å². The van der Waals surface area contributed by atoms with Crippen LogP contribution in [0.1, 0.15) is 16.7 Å². The van der Waals surface area contributed by atoms with Crippen LogP contribution in [0.25, 0.3) is 10.9 Å². The Kier molecular flexibility index (Phi) is 4.36. The standard InChI is InChI=1S/C19H16N4O/c1-24-15-5-6-19-16(9-15)14(12-23-19)7-8-22-18-4-2-3-13(10-20)17(18)11-21/h2-6,9,12,22-23H,7-8H2,1H3. The highest BCUT2D eigenvalue weighted by Gasteiger charge is 2.08. The van der Waals surface area contributed by atoms with Crippen LogP contribution in [0.5, 0.6) is 5.75 Å². The van der Waals surface area contributed by atoms with E-state index in [2.05, 4.69) is 16.4 Å². The smallest absolute Gasteiger partial charge is 0.119 e. The number of nitriles is 2. The second-order valence-electron chi connectivity index (χ2n) is 5.35. The summed E-state index contributed by atoms with van der Waals surface area (Å²) in [5.41, 5.74) is 3.70. The molecule has 2 N–H and O–H groups in total. The van der Waals surface area contributed by atoms with Gasteiger partial charge in [0.25, 0.3) is 0 Å². The van der Waals surface area contributed by atoms with Crippen molar-refractivity contribution < 1.29 is 4.74 Å². The number of hydrogen-bond acceptors (Lipinski definition) is 4. The summed E-state index contributed by atoms with van der Waals surface area (Å²) in [6, 6.07) is 15.3. The molecule has 0 bridgehead atoms. The minimum atomic E-state index is 0.388. The fraction of sp³-hybridized carbons (Fsp3) is 0.158. The molecule has 3 aromatic rings. The van der Waals surface area contributed by atoms with Crippen molar-refractivity contribution in [2.75, 3.05) is 19.0 Å². The zero-order valence-electron chi connectivity index (χ0n) is 13.3. The monoisotopic (exact) mass is 316 g/mol. The van der Waals surface area contributed by atoms with Gasteiger partial charge in [-0.2, -0.15) is 10.5 Å². The van der Waals surface area contributed by atoms with Crippen molar-refractivity contribution in [2.45, 2.75) is 6.42 Å². The Morgan fingerprint density at radius 2 is 2.04 bits per heavy atom. The molecule has 5 heteroatoms. The first-order valence-electron chi connectivity index (χ1n) is 7.58. The lowest BCUT2D eigenvalue weighted by Gasteiger charge is -2.09. The molecule has 5 nitrogen and oxygen atoms in total. The van der Waals surface area contributed by atoms with E-state index in [9.17, 15) is 5.26 Å². The molecule has 1 aromatic heterocycles. The van der Waals surface area contributed by atoms with Crippen molar-refractivity contribution in [2.24, 2.45) is 0 Å². The lowest BCUT2D eigenvalue weighted by atomic mass is 10.1. The SMILES string of the molecule is COc1ccc2[nH]cc(CCNc3cccc(C#N)c3C#N)c2c1.